The summed E-state index contributed by atoms with van der Waals surface area (Å²) in [5, 5.41) is 14.8. The van der Waals surface area contributed by atoms with E-state index in [2.05, 4.69) is 36.1 Å². The highest BCUT2D eigenvalue weighted by Gasteiger charge is 2.13. The molecule has 0 aromatic heterocycles. The van der Waals surface area contributed by atoms with E-state index < -0.39 is 5.82 Å². The predicted molar refractivity (Wildman–Crippen MR) is 83.0 cm³/mol. The van der Waals surface area contributed by atoms with E-state index in [1.807, 2.05) is 0 Å². The van der Waals surface area contributed by atoms with Crippen LogP contribution in [0.2, 0.25) is 0 Å². The van der Waals surface area contributed by atoms with Gasteiger partial charge in [0.2, 0.25) is 0 Å². The van der Waals surface area contributed by atoms with Crippen LogP contribution in [0.3, 0.4) is 0 Å². The van der Waals surface area contributed by atoms with Gasteiger partial charge in [-0.3, -0.25) is 0 Å². The number of benzene rings is 1. The van der Waals surface area contributed by atoms with Crippen LogP contribution in [0.25, 0.3) is 0 Å². The first-order valence-corrected chi connectivity index (χ1v) is 7.24. The molecule has 1 atom stereocenters. The van der Waals surface area contributed by atoms with E-state index in [-0.39, 0.29) is 17.4 Å². The molecule has 0 saturated heterocycles. The molecule has 0 fully saturated rings. The van der Waals surface area contributed by atoms with Crippen LogP contribution in [0.4, 0.5) is 4.39 Å². The van der Waals surface area contributed by atoms with Crippen molar-refractivity contribution in [3.63, 3.8) is 0 Å². The Morgan fingerprint density at radius 2 is 2.10 bits per heavy atom. The third-order valence-corrected chi connectivity index (χ3v) is 3.53. The summed E-state index contributed by atoms with van der Waals surface area (Å²) in [6.45, 7) is 9.62. The number of likely N-dealkylation sites (N-methyl/N-ethyl adjacent to an activating group) is 1. The van der Waals surface area contributed by atoms with Crippen molar-refractivity contribution in [2.24, 2.45) is 10.9 Å². The lowest BCUT2D eigenvalue weighted by atomic mass is 10.1. The van der Waals surface area contributed by atoms with Crippen LogP contribution < -0.4 is 11.1 Å². The molecular formula is C15H25FN4O. The molecule has 1 aromatic rings. The number of nitrogens with one attached hydrogen (secondary N) is 1. The monoisotopic (exact) mass is 296 g/mol. The summed E-state index contributed by atoms with van der Waals surface area (Å²) >= 11 is 0. The van der Waals surface area contributed by atoms with Crippen LogP contribution >= 0.6 is 0 Å². The van der Waals surface area contributed by atoms with Crippen molar-refractivity contribution in [2.45, 2.75) is 33.4 Å². The maximum Gasteiger partial charge on any atom is 0.173 e. The molecule has 1 unspecified atom stereocenters. The summed E-state index contributed by atoms with van der Waals surface area (Å²) in [5.74, 6) is -0.666. The van der Waals surface area contributed by atoms with Crippen molar-refractivity contribution >= 4 is 5.84 Å². The van der Waals surface area contributed by atoms with Crippen LogP contribution in [0.15, 0.2) is 23.4 Å². The molecule has 0 bridgehead atoms. The molecule has 1 aromatic carbocycles. The first-order chi connectivity index (χ1) is 10.0. The van der Waals surface area contributed by atoms with E-state index in [1.165, 1.54) is 6.07 Å². The third kappa shape index (κ3) is 4.99. The topological polar surface area (TPSA) is 73.9 Å². The molecule has 6 heteroatoms. The Kier molecular flexibility index (Phi) is 7.11. The van der Waals surface area contributed by atoms with Crippen LogP contribution in [0.5, 0.6) is 0 Å². The number of oxime groups is 1. The minimum atomic E-state index is -0.449. The van der Waals surface area contributed by atoms with E-state index >= 15 is 0 Å². The highest BCUT2D eigenvalue weighted by Crippen LogP contribution is 2.13. The average Bonchev–Trinajstić information content (AvgIpc) is 2.50. The maximum atomic E-state index is 14.2. The second-order valence-corrected chi connectivity index (χ2v) is 5.03. The molecule has 118 valence electrons. The van der Waals surface area contributed by atoms with Crippen LogP contribution in [-0.2, 0) is 6.54 Å². The van der Waals surface area contributed by atoms with Gasteiger partial charge in [0.15, 0.2) is 5.84 Å². The Balaban J connectivity index is 2.68. The number of amidine groups is 1. The number of hydrogen-bond acceptors (Lipinski definition) is 4. The second-order valence-electron chi connectivity index (χ2n) is 5.03. The fourth-order valence-corrected chi connectivity index (χ4v) is 2.19. The number of hydrogen-bond donors (Lipinski definition) is 3. The quantitative estimate of drug-likeness (QED) is 0.296. The summed E-state index contributed by atoms with van der Waals surface area (Å²) in [4.78, 5) is 2.31. The van der Waals surface area contributed by atoms with Gasteiger partial charge in [0.25, 0.3) is 0 Å². The largest absolute Gasteiger partial charge is 0.409 e. The van der Waals surface area contributed by atoms with E-state index in [0.717, 1.165) is 19.6 Å². The molecule has 0 aliphatic carbocycles. The zero-order valence-corrected chi connectivity index (χ0v) is 12.9. The van der Waals surface area contributed by atoms with Gasteiger partial charge in [-0.2, -0.15) is 0 Å². The first-order valence-electron chi connectivity index (χ1n) is 7.24. The molecular weight excluding hydrogens is 271 g/mol. The van der Waals surface area contributed by atoms with E-state index in [9.17, 15) is 4.39 Å². The average molecular weight is 296 g/mol. The molecule has 21 heavy (non-hydrogen) atoms. The van der Waals surface area contributed by atoms with Crippen LogP contribution in [0.1, 0.15) is 31.9 Å². The molecule has 0 heterocycles. The van der Waals surface area contributed by atoms with Gasteiger partial charge in [0, 0.05) is 24.7 Å². The van der Waals surface area contributed by atoms with Gasteiger partial charge in [-0.15, -0.1) is 0 Å². The molecule has 5 nitrogen and oxygen atoms in total. The highest BCUT2D eigenvalue weighted by atomic mass is 19.1. The van der Waals surface area contributed by atoms with Gasteiger partial charge in [0.1, 0.15) is 5.82 Å². The number of nitrogens with zero attached hydrogens (tertiary/aromatic N) is 2. The third-order valence-electron chi connectivity index (χ3n) is 3.53. The van der Waals surface area contributed by atoms with Gasteiger partial charge < -0.3 is 21.2 Å². The van der Waals surface area contributed by atoms with E-state index in [4.69, 9.17) is 10.9 Å². The predicted octanol–water partition coefficient (Wildman–Crippen LogP) is 1.74. The molecule has 0 spiro atoms. The minimum absolute atomic E-state index is 0.119. The van der Waals surface area contributed by atoms with Crippen molar-refractivity contribution < 1.29 is 9.60 Å². The van der Waals surface area contributed by atoms with Gasteiger partial charge >= 0.3 is 0 Å². The van der Waals surface area contributed by atoms with Crippen molar-refractivity contribution in [1.82, 2.24) is 10.2 Å². The number of halogens is 1. The molecule has 0 aliphatic rings. The lowest BCUT2D eigenvalue weighted by Crippen LogP contribution is -2.39. The van der Waals surface area contributed by atoms with Crippen LogP contribution in [-0.4, -0.2) is 41.6 Å². The molecule has 0 saturated carbocycles. The van der Waals surface area contributed by atoms with Crippen molar-refractivity contribution in [1.29, 1.82) is 0 Å². The smallest absolute Gasteiger partial charge is 0.173 e. The van der Waals surface area contributed by atoms with Crippen LogP contribution in [0, 0.1) is 5.82 Å². The molecule has 0 aliphatic heterocycles. The standard InChI is InChI=1S/C15H25FN4O/c1-4-20(5-2)10-11(3)18-9-12-7-6-8-13(14(12)16)15(17)19-21/h6-8,11,18,21H,4-5,9-10H2,1-3H3,(H2,17,19). The Morgan fingerprint density at radius 1 is 1.43 bits per heavy atom. The zero-order valence-electron chi connectivity index (χ0n) is 12.9. The second kappa shape index (κ2) is 8.59. The summed E-state index contributed by atoms with van der Waals surface area (Å²) < 4.78 is 14.2. The molecule has 1 rings (SSSR count). The summed E-state index contributed by atoms with van der Waals surface area (Å²) in [7, 11) is 0. The maximum absolute atomic E-state index is 14.2. The molecule has 4 N–H and O–H groups in total. The Labute approximate surface area is 125 Å². The Hall–Kier alpha value is -1.66. The van der Waals surface area contributed by atoms with Gasteiger partial charge in [-0.1, -0.05) is 31.1 Å². The highest BCUT2D eigenvalue weighted by molar-refractivity contribution is 5.97. The SMILES string of the molecule is CCN(CC)CC(C)NCc1cccc(/C(N)=N/O)c1F. The zero-order chi connectivity index (χ0) is 15.8. The lowest BCUT2D eigenvalue weighted by molar-refractivity contribution is 0.270. The normalized spacial score (nSPS) is 13.7. The van der Waals surface area contributed by atoms with Crippen molar-refractivity contribution in [3.05, 3.63) is 35.1 Å². The Morgan fingerprint density at radius 3 is 2.67 bits per heavy atom. The number of rotatable bonds is 8. The van der Waals surface area contributed by atoms with E-state index in [1.54, 1.807) is 12.1 Å². The van der Waals surface area contributed by atoms with Gasteiger partial charge in [-0.25, -0.2) is 4.39 Å². The Bertz CT molecular complexity index is 475. The summed E-state index contributed by atoms with van der Waals surface area (Å²) in [5.41, 5.74) is 6.08. The minimum Gasteiger partial charge on any atom is -0.409 e. The fourth-order valence-electron chi connectivity index (χ4n) is 2.19. The van der Waals surface area contributed by atoms with Gasteiger partial charge in [-0.05, 0) is 26.1 Å². The molecule has 0 amide bonds. The lowest BCUT2D eigenvalue weighted by Gasteiger charge is -2.23. The molecule has 0 radical (unpaired) electrons. The van der Waals surface area contributed by atoms with Crippen molar-refractivity contribution in [2.75, 3.05) is 19.6 Å². The van der Waals surface area contributed by atoms with E-state index in [0.29, 0.717) is 12.1 Å². The van der Waals surface area contributed by atoms with Gasteiger partial charge in [0.05, 0.1) is 5.56 Å². The first kappa shape index (κ1) is 17.4. The fraction of sp³-hybridized carbons (Fsp3) is 0.533. The number of nitrogens with two attached hydrogens (primary N) is 1. The summed E-state index contributed by atoms with van der Waals surface area (Å²) in [6.07, 6.45) is 0. The van der Waals surface area contributed by atoms with Crippen molar-refractivity contribution in [3.8, 4) is 0 Å². The summed E-state index contributed by atoms with van der Waals surface area (Å²) in [6, 6.07) is 5.13.